The van der Waals surface area contributed by atoms with E-state index in [4.69, 9.17) is 0 Å². The standard InChI is InChI=1S/C14H23N3/c1-17(2)11-12-5-3-6-13(9-12)16-14-7-4-8-15-10-14/h3,5-6,9,14-16H,4,7-8,10-11H2,1-2H3. The Morgan fingerprint density at radius 2 is 2.29 bits per heavy atom. The van der Waals surface area contributed by atoms with Crippen molar-refractivity contribution >= 4 is 5.69 Å². The molecule has 0 aromatic heterocycles. The Hall–Kier alpha value is -1.06. The molecule has 2 N–H and O–H groups in total. The van der Waals surface area contributed by atoms with Crippen molar-refractivity contribution in [3.63, 3.8) is 0 Å². The summed E-state index contributed by atoms with van der Waals surface area (Å²) < 4.78 is 0. The van der Waals surface area contributed by atoms with Gasteiger partial charge in [-0.05, 0) is 51.2 Å². The summed E-state index contributed by atoms with van der Waals surface area (Å²) in [6.07, 6.45) is 2.54. The second-order valence-electron chi connectivity index (χ2n) is 5.13. The molecule has 1 aliphatic rings. The van der Waals surface area contributed by atoms with E-state index in [0.29, 0.717) is 6.04 Å². The summed E-state index contributed by atoms with van der Waals surface area (Å²) in [5.41, 5.74) is 2.61. The molecular weight excluding hydrogens is 210 g/mol. The number of hydrogen-bond donors (Lipinski definition) is 2. The van der Waals surface area contributed by atoms with Crippen molar-refractivity contribution in [2.45, 2.75) is 25.4 Å². The second-order valence-corrected chi connectivity index (χ2v) is 5.13. The van der Waals surface area contributed by atoms with Crippen LogP contribution in [0.15, 0.2) is 24.3 Å². The van der Waals surface area contributed by atoms with Gasteiger partial charge in [-0.2, -0.15) is 0 Å². The molecule has 3 nitrogen and oxygen atoms in total. The highest BCUT2D eigenvalue weighted by Crippen LogP contribution is 2.15. The molecule has 1 aromatic carbocycles. The maximum Gasteiger partial charge on any atom is 0.0386 e. The smallest absolute Gasteiger partial charge is 0.0386 e. The molecule has 17 heavy (non-hydrogen) atoms. The number of rotatable bonds is 4. The van der Waals surface area contributed by atoms with Gasteiger partial charge < -0.3 is 15.5 Å². The van der Waals surface area contributed by atoms with Gasteiger partial charge in [0.15, 0.2) is 0 Å². The topological polar surface area (TPSA) is 27.3 Å². The Kier molecular flexibility index (Phi) is 4.40. The zero-order valence-electron chi connectivity index (χ0n) is 10.9. The minimum atomic E-state index is 0.582. The third-order valence-corrected chi connectivity index (χ3v) is 3.09. The van der Waals surface area contributed by atoms with Crippen LogP contribution in [0.5, 0.6) is 0 Å². The zero-order valence-corrected chi connectivity index (χ0v) is 10.9. The molecule has 1 heterocycles. The lowest BCUT2D eigenvalue weighted by atomic mass is 10.1. The van der Waals surface area contributed by atoms with E-state index in [1.54, 1.807) is 0 Å². The van der Waals surface area contributed by atoms with Crippen molar-refractivity contribution in [2.24, 2.45) is 0 Å². The largest absolute Gasteiger partial charge is 0.381 e. The molecule has 1 aromatic rings. The summed E-state index contributed by atoms with van der Waals surface area (Å²) in [4.78, 5) is 2.20. The van der Waals surface area contributed by atoms with Gasteiger partial charge in [0.1, 0.15) is 0 Å². The van der Waals surface area contributed by atoms with E-state index in [-0.39, 0.29) is 0 Å². The van der Waals surface area contributed by atoms with Crippen molar-refractivity contribution in [1.29, 1.82) is 0 Å². The minimum Gasteiger partial charge on any atom is -0.381 e. The third-order valence-electron chi connectivity index (χ3n) is 3.09. The first kappa shape index (κ1) is 12.4. The molecule has 0 amide bonds. The average molecular weight is 233 g/mol. The molecule has 0 spiro atoms. The van der Waals surface area contributed by atoms with Crippen LogP contribution in [0.4, 0.5) is 5.69 Å². The highest BCUT2D eigenvalue weighted by atomic mass is 15.0. The fraction of sp³-hybridized carbons (Fsp3) is 0.571. The highest BCUT2D eigenvalue weighted by molar-refractivity contribution is 5.46. The number of hydrogen-bond acceptors (Lipinski definition) is 3. The van der Waals surface area contributed by atoms with E-state index in [1.807, 2.05) is 0 Å². The van der Waals surface area contributed by atoms with Gasteiger partial charge in [-0.3, -0.25) is 0 Å². The molecule has 2 rings (SSSR count). The van der Waals surface area contributed by atoms with Crippen LogP contribution in [-0.4, -0.2) is 38.1 Å². The van der Waals surface area contributed by atoms with Gasteiger partial charge in [-0.15, -0.1) is 0 Å². The molecule has 0 radical (unpaired) electrons. The number of piperidine rings is 1. The van der Waals surface area contributed by atoms with Crippen molar-refractivity contribution in [2.75, 3.05) is 32.5 Å². The average Bonchev–Trinajstić information content (AvgIpc) is 2.30. The van der Waals surface area contributed by atoms with Gasteiger partial charge in [-0.1, -0.05) is 12.1 Å². The quantitative estimate of drug-likeness (QED) is 0.832. The number of nitrogens with zero attached hydrogens (tertiary/aromatic N) is 1. The van der Waals surface area contributed by atoms with Gasteiger partial charge in [-0.25, -0.2) is 0 Å². The van der Waals surface area contributed by atoms with Crippen LogP contribution in [0, 0.1) is 0 Å². The summed E-state index contributed by atoms with van der Waals surface area (Å²) in [6.45, 7) is 3.25. The molecule has 3 heteroatoms. The summed E-state index contributed by atoms with van der Waals surface area (Å²) in [6, 6.07) is 9.32. The Morgan fingerprint density at radius 3 is 3.00 bits per heavy atom. The lowest BCUT2D eigenvalue weighted by Crippen LogP contribution is -2.38. The van der Waals surface area contributed by atoms with E-state index in [9.17, 15) is 0 Å². The number of nitrogens with one attached hydrogen (secondary N) is 2. The van der Waals surface area contributed by atoms with Gasteiger partial charge in [0.25, 0.3) is 0 Å². The molecule has 94 valence electrons. The molecule has 0 bridgehead atoms. The van der Waals surface area contributed by atoms with Crippen LogP contribution >= 0.6 is 0 Å². The zero-order chi connectivity index (χ0) is 12.1. The molecule has 1 unspecified atom stereocenters. The first-order valence-electron chi connectivity index (χ1n) is 6.45. The Morgan fingerprint density at radius 1 is 1.41 bits per heavy atom. The fourth-order valence-corrected chi connectivity index (χ4v) is 2.34. The van der Waals surface area contributed by atoms with Crippen molar-refractivity contribution < 1.29 is 0 Å². The van der Waals surface area contributed by atoms with Crippen LogP contribution in [0.2, 0.25) is 0 Å². The van der Waals surface area contributed by atoms with Crippen LogP contribution in [-0.2, 0) is 6.54 Å². The maximum absolute atomic E-state index is 3.61. The number of anilines is 1. The summed E-state index contributed by atoms with van der Waals surface area (Å²) in [5.74, 6) is 0. The molecule has 1 atom stereocenters. The molecule has 0 aliphatic carbocycles. The van der Waals surface area contributed by atoms with Crippen molar-refractivity contribution in [3.05, 3.63) is 29.8 Å². The number of benzene rings is 1. The first-order chi connectivity index (χ1) is 8.24. The van der Waals surface area contributed by atoms with Gasteiger partial charge in [0, 0.05) is 24.8 Å². The predicted octanol–water partition coefficient (Wildman–Crippen LogP) is 1.91. The third kappa shape index (κ3) is 4.02. The Bertz CT molecular complexity index is 343. The van der Waals surface area contributed by atoms with E-state index in [2.05, 4.69) is 53.9 Å². The normalized spacial score (nSPS) is 20.5. The van der Waals surface area contributed by atoms with E-state index >= 15 is 0 Å². The maximum atomic E-state index is 3.61. The summed E-state index contributed by atoms with van der Waals surface area (Å²) in [7, 11) is 4.20. The van der Waals surface area contributed by atoms with E-state index in [1.165, 1.54) is 30.6 Å². The minimum absolute atomic E-state index is 0.582. The SMILES string of the molecule is CN(C)Cc1cccc(NC2CCCNC2)c1. The van der Waals surface area contributed by atoms with Crippen LogP contribution in [0.3, 0.4) is 0 Å². The summed E-state index contributed by atoms with van der Waals surface area (Å²) in [5, 5.41) is 7.04. The van der Waals surface area contributed by atoms with Crippen molar-refractivity contribution in [3.8, 4) is 0 Å². The highest BCUT2D eigenvalue weighted by Gasteiger charge is 2.12. The lowest BCUT2D eigenvalue weighted by Gasteiger charge is -2.25. The van der Waals surface area contributed by atoms with E-state index in [0.717, 1.165) is 13.1 Å². The molecular formula is C14H23N3. The molecule has 1 aliphatic heterocycles. The van der Waals surface area contributed by atoms with Gasteiger partial charge in [0.05, 0.1) is 0 Å². The molecule has 1 saturated heterocycles. The lowest BCUT2D eigenvalue weighted by molar-refractivity contribution is 0.402. The molecule has 0 saturated carbocycles. The van der Waals surface area contributed by atoms with Crippen LogP contribution in [0.1, 0.15) is 18.4 Å². The van der Waals surface area contributed by atoms with Gasteiger partial charge in [0.2, 0.25) is 0 Å². The second kappa shape index (κ2) is 6.03. The van der Waals surface area contributed by atoms with Crippen LogP contribution in [0.25, 0.3) is 0 Å². The molecule has 1 fully saturated rings. The van der Waals surface area contributed by atoms with Crippen molar-refractivity contribution in [1.82, 2.24) is 10.2 Å². The summed E-state index contributed by atoms with van der Waals surface area (Å²) >= 11 is 0. The van der Waals surface area contributed by atoms with Gasteiger partial charge >= 0.3 is 0 Å². The Balaban J connectivity index is 1.95. The monoisotopic (exact) mass is 233 g/mol. The predicted molar refractivity (Wildman–Crippen MR) is 73.3 cm³/mol. The first-order valence-corrected chi connectivity index (χ1v) is 6.45. The fourth-order valence-electron chi connectivity index (χ4n) is 2.34. The Labute approximate surface area is 104 Å². The van der Waals surface area contributed by atoms with E-state index < -0.39 is 0 Å². The van der Waals surface area contributed by atoms with Crippen LogP contribution < -0.4 is 10.6 Å².